The van der Waals surface area contributed by atoms with E-state index in [0.29, 0.717) is 5.92 Å². The maximum Gasteiger partial charge on any atom is 0.276 e. The summed E-state index contributed by atoms with van der Waals surface area (Å²) >= 11 is 0. The molecule has 0 bridgehead atoms. The van der Waals surface area contributed by atoms with Crippen molar-refractivity contribution in [3.8, 4) is 11.5 Å². The predicted octanol–water partition coefficient (Wildman–Crippen LogP) is 2.92. The third kappa shape index (κ3) is 4.05. The summed E-state index contributed by atoms with van der Waals surface area (Å²) in [6.45, 7) is 4.15. The van der Waals surface area contributed by atoms with Gasteiger partial charge in [0, 0.05) is 5.56 Å². The van der Waals surface area contributed by atoms with E-state index in [0.717, 1.165) is 18.2 Å². The fraction of sp³-hybridized carbons (Fsp3) is 0.235. The van der Waals surface area contributed by atoms with Gasteiger partial charge in [0.2, 0.25) is 0 Å². The van der Waals surface area contributed by atoms with Crippen LogP contribution < -0.4 is 4.83 Å². The number of hydrogen-bond donors (Lipinski definition) is 3. The zero-order valence-corrected chi connectivity index (χ0v) is 14.3. The van der Waals surface area contributed by atoms with E-state index in [1.165, 1.54) is 30.3 Å². The summed E-state index contributed by atoms with van der Waals surface area (Å²) in [4.78, 5) is 2.19. The number of hydrazone groups is 1. The average Bonchev–Trinajstić information content (AvgIpc) is 2.58. The summed E-state index contributed by atoms with van der Waals surface area (Å²) in [6, 6.07) is 11.0. The molecule has 24 heavy (non-hydrogen) atoms. The molecule has 0 heterocycles. The van der Waals surface area contributed by atoms with Crippen molar-refractivity contribution in [3.05, 3.63) is 53.6 Å². The second kappa shape index (κ2) is 7.35. The van der Waals surface area contributed by atoms with Crippen LogP contribution >= 0.6 is 0 Å². The van der Waals surface area contributed by atoms with Crippen LogP contribution in [0.2, 0.25) is 0 Å². The van der Waals surface area contributed by atoms with Crippen LogP contribution in [0.4, 0.5) is 0 Å². The molecule has 0 spiro atoms. The molecule has 3 N–H and O–H groups in total. The standard InChI is InChI=1S/C17H20N2O4S/c1-3-12(2)13-7-9-15(10-8-13)24(22,23)19-18-11-14-5-4-6-16(20)17(14)21/h4-12,19-21H,3H2,1-2H3/b18-11+. The molecule has 0 saturated carbocycles. The largest absolute Gasteiger partial charge is 0.504 e. The van der Waals surface area contributed by atoms with Gasteiger partial charge in [0.05, 0.1) is 11.1 Å². The van der Waals surface area contributed by atoms with E-state index in [1.807, 2.05) is 0 Å². The van der Waals surface area contributed by atoms with E-state index in [4.69, 9.17) is 0 Å². The second-order valence-corrected chi connectivity index (χ2v) is 7.11. The van der Waals surface area contributed by atoms with Crippen LogP contribution in [0.25, 0.3) is 0 Å². The molecule has 0 aromatic heterocycles. The first-order valence-corrected chi connectivity index (χ1v) is 8.99. The van der Waals surface area contributed by atoms with Crippen LogP contribution in [0.5, 0.6) is 11.5 Å². The molecule has 128 valence electrons. The Balaban J connectivity index is 2.13. The van der Waals surface area contributed by atoms with Crippen LogP contribution in [-0.4, -0.2) is 24.8 Å². The van der Waals surface area contributed by atoms with Gasteiger partial charge in [0.15, 0.2) is 11.5 Å². The number of rotatable bonds is 6. The third-order valence-corrected chi connectivity index (χ3v) is 5.03. The Morgan fingerprint density at radius 2 is 1.83 bits per heavy atom. The molecule has 0 amide bonds. The van der Waals surface area contributed by atoms with Gasteiger partial charge in [-0.15, -0.1) is 0 Å². The van der Waals surface area contributed by atoms with Crippen molar-refractivity contribution >= 4 is 16.2 Å². The number of benzene rings is 2. The van der Waals surface area contributed by atoms with Gasteiger partial charge in [0.25, 0.3) is 10.0 Å². The molecule has 6 nitrogen and oxygen atoms in total. The zero-order valence-electron chi connectivity index (χ0n) is 13.5. The summed E-state index contributed by atoms with van der Waals surface area (Å²) in [5, 5.41) is 22.6. The molecule has 2 aromatic rings. The Hall–Kier alpha value is -2.54. The lowest BCUT2D eigenvalue weighted by Crippen LogP contribution is -2.18. The van der Waals surface area contributed by atoms with Crippen LogP contribution in [0, 0.1) is 0 Å². The van der Waals surface area contributed by atoms with Crippen molar-refractivity contribution in [1.29, 1.82) is 0 Å². The Labute approximate surface area is 141 Å². The van der Waals surface area contributed by atoms with Crippen molar-refractivity contribution in [3.63, 3.8) is 0 Å². The number of nitrogens with zero attached hydrogens (tertiary/aromatic N) is 1. The van der Waals surface area contributed by atoms with Gasteiger partial charge in [-0.2, -0.15) is 13.5 Å². The van der Waals surface area contributed by atoms with E-state index in [2.05, 4.69) is 23.8 Å². The molecular formula is C17H20N2O4S. The second-order valence-electron chi connectivity index (χ2n) is 5.45. The SMILES string of the molecule is CCC(C)c1ccc(S(=O)(=O)N/N=C/c2cccc(O)c2O)cc1. The summed E-state index contributed by atoms with van der Waals surface area (Å²) in [5.41, 5.74) is 1.27. The molecule has 0 radical (unpaired) electrons. The summed E-state index contributed by atoms with van der Waals surface area (Å²) in [5.74, 6) is -0.303. The molecule has 0 aliphatic rings. The topological polar surface area (TPSA) is 99.0 Å². The van der Waals surface area contributed by atoms with Crippen LogP contribution in [0.1, 0.15) is 37.3 Å². The monoisotopic (exact) mass is 348 g/mol. The molecule has 1 unspecified atom stereocenters. The van der Waals surface area contributed by atoms with Gasteiger partial charge >= 0.3 is 0 Å². The minimum absolute atomic E-state index is 0.104. The molecule has 0 saturated heterocycles. The number of aromatic hydroxyl groups is 2. The highest BCUT2D eigenvalue weighted by molar-refractivity contribution is 7.89. The molecule has 7 heteroatoms. The van der Waals surface area contributed by atoms with E-state index >= 15 is 0 Å². The minimum atomic E-state index is -3.79. The highest BCUT2D eigenvalue weighted by atomic mass is 32.2. The first-order valence-electron chi connectivity index (χ1n) is 7.51. The quantitative estimate of drug-likeness (QED) is 0.424. The van der Waals surface area contributed by atoms with Crippen LogP contribution in [0.15, 0.2) is 52.5 Å². The maximum absolute atomic E-state index is 12.2. The van der Waals surface area contributed by atoms with Gasteiger partial charge in [-0.3, -0.25) is 0 Å². The highest BCUT2D eigenvalue weighted by Crippen LogP contribution is 2.26. The molecule has 2 aromatic carbocycles. The molecule has 1 atom stereocenters. The number of phenolic OH excluding ortho intramolecular Hbond substituents is 2. The van der Waals surface area contributed by atoms with Crippen molar-refractivity contribution in [2.75, 3.05) is 0 Å². The van der Waals surface area contributed by atoms with Crippen molar-refractivity contribution in [2.24, 2.45) is 5.10 Å². The summed E-state index contributed by atoms with van der Waals surface area (Å²) in [6.07, 6.45) is 2.10. The minimum Gasteiger partial charge on any atom is -0.504 e. The fourth-order valence-electron chi connectivity index (χ4n) is 2.08. The number of sulfonamides is 1. The van der Waals surface area contributed by atoms with Crippen molar-refractivity contribution < 1.29 is 18.6 Å². The Kier molecular flexibility index (Phi) is 5.46. The van der Waals surface area contributed by atoms with Gasteiger partial charge in [-0.25, -0.2) is 4.83 Å². The third-order valence-electron chi connectivity index (χ3n) is 3.79. The lowest BCUT2D eigenvalue weighted by atomic mass is 9.99. The number of nitrogens with one attached hydrogen (secondary N) is 1. The summed E-state index contributed by atoms with van der Waals surface area (Å²) in [7, 11) is -3.79. The lowest BCUT2D eigenvalue weighted by molar-refractivity contribution is 0.403. The molecular weight excluding hydrogens is 328 g/mol. The van der Waals surface area contributed by atoms with Crippen molar-refractivity contribution in [1.82, 2.24) is 4.83 Å². The first-order chi connectivity index (χ1) is 11.3. The number of hydrogen-bond acceptors (Lipinski definition) is 5. The van der Waals surface area contributed by atoms with E-state index in [1.54, 1.807) is 12.1 Å². The van der Waals surface area contributed by atoms with Gasteiger partial charge in [0.1, 0.15) is 0 Å². The molecule has 0 aliphatic heterocycles. The van der Waals surface area contributed by atoms with Crippen LogP contribution in [-0.2, 0) is 10.0 Å². The highest BCUT2D eigenvalue weighted by Gasteiger charge is 2.13. The molecule has 0 aliphatic carbocycles. The van der Waals surface area contributed by atoms with E-state index < -0.39 is 10.0 Å². The van der Waals surface area contributed by atoms with Crippen LogP contribution in [0.3, 0.4) is 0 Å². The fourth-order valence-corrected chi connectivity index (χ4v) is 2.87. The van der Waals surface area contributed by atoms with Gasteiger partial charge in [-0.05, 0) is 42.2 Å². The predicted molar refractivity (Wildman–Crippen MR) is 92.8 cm³/mol. The Bertz CT molecular complexity index is 830. The van der Waals surface area contributed by atoms with Crippen molar-refractivity contribution in [2.45, 2.75) is 31.1 Å². The zero-order chi connectivity index (χ0) is 17.7. The summed E-state index contributed by atoms with van der Waals surface area (Å²) < 4.78 is 24.4. The number of phenols is 2. The Morgan fingerprint density at radius 1 is 1.17 bits per heavy atom. The maximum atomic E-state index is 12.2. The van der Waals surface area contributed by atoms with E-state index in [9.17, 15) is 18.6 Å². The average molecular weight is 348 g/mol. The van der Waals surface area contributed by atoms with Gasteiger partial charge in [-0.1, -0.05) is 32.0 Å². The number of para-hydroxylation sites is 1. The molecule has 0 fully saturated rings. The molecule has 2 rings (SSSR count). The smallest absolute Gasteiger partial charge is 0.276 e. The first kappa shape index (κ1) is 17.8. The van der Waals surface area contributed by atoms with E-state index in [-0.39, 0.29) is 22.0 Å². The Morgan fingerprint density at radius 3 is 2.46 bits per heavy atom. The van der Waals surface area contributed by atoms with Gasteiger partial charge < -0.3 is 10.2 Å². The normalized spacial score (nSPS) is 13.1. The lowest BCUT2D eigenvalue weighted by Gasteiger charge is -2.10.